The lowest BCUT2D eigenvalue weighted by molar-refractivity contribution is -0.120. The Bertz CT molecular complexity index is 399. The van der Waals surface area contributed by atoms with E-state index in [2.05, 4.69) is 4.98 Å². The van der Waals surface area contributed by atoms with Gasteiger partial charge in [0.15, 0.2) is 0 Å². The molecule has 2 rings (SSSR count). The van der Waals surface area contributed by atoms with Crippen molar-refractivity contribution < 1.29 is 4.79 Å². The van der Waals surface area contributed by atoms with Gasteiger partial charge in [0.05, 0.1) is 11.9 Å². The molecule has 1 fully saturated rings. The van der Waals surface area contributed by atoms with Crippen LogP contribution in [-0.2, 0) is 4.79 Å². The summed E-state index contributed by atoms with van der Waals surface area (Å²) in [6.45, 7) is 2.54. The molecule has 16 heavy (non-hydrogen) atoms. The SMILES string of the molecule is CC1(N)CCN(c2ccc(N)nc2)C(=O)C1. The predicted molar refractivity (Wildman–Crippen MR) is 62.8 cm³/mol. The molecule has 0 aromatic carbocycles. The summed E-state index contributed by atoms with van der Waals surface area (Å²) in [5.41, 5.74) is 11.9. The van der Waals surface area contributed by atoms with E-state index in [1.54, 1.807) is 23.2 Å². The van der Waals surface area contributed by atoms with E-state index in [1.165, 1.54) is 0 Å². The fraction of sp³-hybridized carbons (Fsp3) is 0.455. The third kappa shape index (κ3) is 2.14. The maximum atomic E-state index is 11.9. The molecule has 5 nitrogen and oxygen atoms in total. The van der Waals surface area contributed by atoms with Crippen molar-refractivity contribution in [3.05, 3.63) is 18.3 Å². The van der Waals surface area contributed by atoms with Gasteiger partial charge < -0.3 is 16.4 Å². The number of anilines is 2. The highest BCUT2D eigenvalue weighted by Crippen LogP contribution is 2.25. The molecular formula is C11H16N4O. The zero-order chi connectivity index (χ0) is 11.8. The highest BCUT2D eigenvalue weighted by atomic mass is 16.2. The molecule has 0 bridgehead atoms. The van der Waals surface area contributed by atoms with Crippen LogP contribution < -0.4 is 16.4 Å². The lowest BCUT2D eigenvalue weighted by Crippen LogP contribution is -2.51. The third-order valence-corrected chi connectivity index (χ3v) is 2.85. The first-order valence-electron chi connectivity index (χ1n) is 5.29. The normalized spacial score (nSPS) is 25.9. The van der Waals surface area contributed by atoms with E-state index in [4.69, 9.17) is 11.5 Å². The minimum atomic E-state index is -0.380. The van der Waals surface area contributed by atoms with Crippen molar-refractivity contribution in [1.29, 1.82) is 0 Å². The Balaban J connectivity index is 2.17. The number of nitrogens with zero attached hydrogens (tertiary/aromatic N) is 2. The number of rotatable bonds is 1. The summed E-state index contributed by atoms with van der Waals surface area (Å²) < 4.78 is 0. The van der Waals surface area contributed by atoms with Crippen LogP contribution in [0.1, 0.15) is 19.8 Å². The van der Waals surface area contributed by atoms with Crippen molar-refractivity contribution in [2.24, 2.45) is 5.73 Å². The molecule has 1 aromatic rings. The molecule has 1 saturated heterocycles. The van der Waals surface area contributed by atoms with Gasteiger partial charge in [-0.15, -0.1) is 0 Å². The molecule has 4 N–H and O–H groups in total. The number of piperidine rings is 1. The smallest absolute Gasteiger partial charge is 0.228 e. The zero-order valence-corrected chi connectivity index (χ0v) is 9.31. The van der Waals surface area contributed by atoms with Crippen molar-refractivity contribution in [1.82, 2.24) is 4.98 Å². The van der Waals surface area contributed by atoms with E-state index in [1.807, 2.05) is 6.92 Å². The molecule has 5 heteroatoms. The van der Waals surface area contributed by atoms with Crippen LogP contribution in [0, 0.1) is 0 Å². The number of carbonyl (C=O) groups excluding carboxylic acids is 1. The predicted octanol–water partition coefficient (Wildman–Crippen LogP) is 0.508. The van der Waals surface area contributed by atoms with Crippen molar-refractivity contribution in [3.8, 4) is 0 Å². The van der Waals surface area contributed by atoms with E-state index in [0.717, 1.165) is 12.1 Å². The summed E-state index contributed by atoms with van der Waals surface area (Å²) in [6, 6.07) is 3.50. The molecule has 1 aliphatic rings. The Labute approximate surface area is 94.4 Å². The quantitative estimate of drug-likeness (QED) is 0.722. The number of amides is 1. The summed E-state index contributed by atoms with van der Waals surface area (Å²) in [4.78, 5) is 17.6. The largest absolute Gasteiger partial charge is 0.384 e. The van der Waals surface area contributed by atoms with Gasteiger partial charge in [-0.3, -0.25) is 4.79 Å². The molecule has 1 aliphatic heterocycles. The van der Waals surface area contributed by atoms with Crippen LogP contribution in [0.15, 0.2) is 18.3 Å². The first-order valence-corrected chi connectivity index (χ1v) is 5.29. The van der Waals surface area contributed by atoms with Crippen LogP contribution >= 0.6 is 0 Å². The number of carbonyl (C=O) groups is 1. The first kappa shape index (κ1) is 10.9. The van der Waals surface area contributed by atoms with Crippen LogP contribution in [0.4, 0.5) is 11.5 Å². The van der Waals surface area contributed by atoms with Crippen molar-refractivity contribution in [2.75, 3.05) is 17.2 Å². The number of aromatic nitrogens is 1. The Hall–Kier alpha value is -1.62. The highest BCUT2D eigenvalue weighted by Gasteiger charge is 2.32. The second kappa shape index (κ2) is 3.75. The molecule has 0 radical (unpaired) electrons. The minimum Gasteiger partial charge on any atom is -0.384 e. The Kier molecular flexibility index (Phi) is 2.55. The first-order chi connectivity index (χ1) is 7.48. The number of hydrogen-bond acceptors (Lipinski definition) is 4. The highest BCUT2D eigenvalue weighted by molar-refractivity contribution is 5.94. The van der Waals surface area contributed by atoms with Crippen LogP contribution in [0.5, 0.6) is 0 Å². The van der Waals surface area contributed by atoms with E-state index in [9.17, 15) is 4.79 Å². The Morgan fingerprint density at radius 2 is 2.25 bits per heavy atom. The van der Waals surface area contributed by atoms with E-state index in [-0.39, 0.29) is 11.4 Å². The molecule has 0 saturated carbocycles. The number of hydrogen-bond donors (Lipinski definition) is 2. The van der Waals surface area contributed by atoms with Gasteiger partial charge in [-0.2, -0.15) is 0 Å². The molecule has 1 amide bonds. The summed E-state index contributed by atoms with van der Waals surface area (Å²) in [5, 5.41) is 0. The van der Waals surface area contributed by atoms with Crippen LogP contribution in [0.25, 0.3) is 0 Å². The van der Waals surface area contributed by atoms with Gasteiger partial charge in [-0.1, -0.05) is 0 Å². The lowest BCUT2D eigenvalue weighted by atomic mass is 9.90. The molecule has 0 spiro atoms. The molecule has 1 unspecified atom stereocenters. The van der Waals surface area contributed by atoms with Gasteiger partial charge >= 0.3 is 0 Å². The Morgan fingerprint density at radius 3 is 2.81 bits per heavy atom. The topological polar surface area (TPSA) is 85.2 Å². The molecule has 2 heterocycles. The number of pyridine rings is 1. The zero-order valence-electron chi connectivity index (χ0n) is 9.31. The van der Waals surface area contributed by atoms with Gasteiger partial charge in [-0.25, -0.2) is 4.98 Å². The maximum absolute atomic E-state index is 11.9. The fourth-order valence-electron chi connectivity index (χ4n) is 1.85. The van der Waals surface area contributed by atoms with Gasteiger partial charge in [0.1, 0.15) is 5.82 Å². The van der Waals surface area contributed by atoms with Gasteiger partial charge in [0.25, 0.3) is 0 Å². The average Bonchev–Trinajstić information content (AvgIpc) is 2.19. The lowest BCUT2D eigenvalue weighted by Gasteiger charge is -2.36. The maximum Gasteiger partial charge on any atom is 0.228 e. The second-order valence-electron chi connectivity index (χ2n) is 4.57. The van der Waals surface area contributed by atoms with Crippen LogP contribution in [-0.4, -0.2) is 23.0 Å². The molecule has 86 valence electrons. The monoisotopic (exact) mass is 220 g/mol. The summed E-state index contributed by atoms with van der Waals surface area (Å²) in [5.74, 6) is 0.500. The van der Waals surface area contributed by atoms with Crippen LogP contribution in [0.3, 0.4) is 0 Å². The summed E-state index contributed by atoms with van der Waals surface area (Å²) in [7, 11) is 0. The number of nitrogens with two attached hydrogens (primary N) is 2. The fourth-order valence-corrected chi connectivity index (χ4v) is 1.85. The second-order valence-corrected chi connectivity index (χ2v) is 4.57. The van der Waals surface area contributed by atoms with E-state index < -0.39 is 0 Å². The number of nitrogen functional groups attached to an aromatic ring is 1. The summed E-state index contributed by atoms with van der Waals surface area (Å²) >= 11 is 0. The van der Waals surface area contributed by atoms with E-state index in [0.29, 0.717) is 18.8 Å². The van der Waals surface area contributed by atoms with E-state index >= 15 is 0 Å². The molecular weight excluding hydrogens is 204 g/mol. The molecule has 1 atom stereocenters. The van der Waals surface area contributed by atoms with Crippen LogP contribution in [0.2, 0.25) is 0 Å². The standard InChI is InChI=1S/C11H16N4O/c1-11(13)4-5-15(10(16)6-11)8-2-3-9(12)14-7-8/h2-3,7H,4-6,13H2,1H3,(H2,12,14). The van der Waals surface area contributed by atoms with Gasteiger partial charge in [-0.05, 0) is 25.5 Å². The van der Waals surface area contributed by atoms with Gasteiger partial charge in [0.2, 0.25) is 5.91 Å². The summed E-state index contributed by atoms with van der Waals surface area (Å²) in [6.07, 6.45) is 2.78. The van der Waals surface area contributed by atoms with Crippen molar-refractivity contribution in [3.63, 3.8) is 0 Å². The molecule has 1 aromatic heterocycles. The third-order valence-electron chi connectivity index (χ3n) is 2.85. The minimum absolute atomic E-state index is 0.0443. The van der Waals surface area contributed by atoms with Crippen molar-refractivity contribution >= 4 is 17.4 Å². The van der Waals surface area contributed by atoms with Gasteiger partial charge in [0, 0.05) is 18.5 Å². The van der Waals surface area contributed by atoms with Crippen molar-refractivity contribution in [2.45, 2.75) is 25.3 Å². The average molecular weight is 220 g/mol. The Morgan fingerprint density at radius 1 is 1.50 bits per heavy atom. The molecule has 0 aliphatic carbocycles.